The summed E-state index contributed by atoms with van der Waals surface area (Å²) in [6.45, 7) is 0.437. The minimum atomic E-state index is -3.69. The largest absolute Gasteiger partial charge is 0.269 e. The minimum Gasteiger partial charge on any atom is -0.265 e. The highest BCUT2D eigenvalue weighted by molar-refractivity contribution is 7.89. The summed E-state index contributed by atoms with van der Waals surface area (Å²) in [5.74, 6) is 0. The first kappa shape index (κ1) is 15.6. The quantitative estimate of drug-likeness (QED) is 0.633. The molecule has 0 unspecified atom stereocenters. The third kappa shape index (κ3) is 2.95. The second-order valence-electron chi connectivity index (χ2n) is 5.31. The molecule has 1 aromatic heterocycles. The maximum atomic E-state index is 12.8. The Morgan fingerprint density at radius 3 is 2.39 bits per heavy atom. The molecule has 7 nitrogen and oxygen atoms in total. The lowest BCUT2D eigenvalue weighted by atomic mass is 10.1. The molecule has 120 valence electrons. The fourth-order valence-corrected chi connectivity index (χ4v) is 4.50. The van der Waals surface area contributed by atoms with E-state index < -0.39 is 14.9 Å². The van der Waals surface area contributed by atoms with Crippen molar-refractivity contribution in [2.24, 2.45) is 0 Å². The number of hydrogen-bond donors (Lipinski definition) is 0. The van der Waals surface area contributed by atoms with Crippen LogP contribution >= 0.6 is 0 Å². The Morgan fingerprint density at radius 1 is 1.13 bits per heavy atom. The van der Waals surface area contributed by atoms with Gasteiger partial charge in [-0.2, -0.15) is 4.31 Å². The van der Waals surface area contributed by atoms with E-state index in [0.717, 1.165) is 18.4 Å². The highest BCUT2D eigenvalue weighted by Gasteiger charge is 2.36. The van der Waals surface area contributed by atoms with Gasteiger partial charge in [-0.1, -0.05) is 0 Å². The molecule has 2 heterocycles. The van der Waals surface area contributed by atoms with Gasteiger partial charge in [-0.15, -0.1) is 0 Å². The zero-order valence-corrected chi connectivity index (χ0v) is 13.0. The molecule has 1 aliphatic rings. The topological polar surface area (TPSA) is 93.4 Å². The average Bonchev–Trinajstić information content (AvgIpc) is 3.06. The van der Waals surface area contributed by atoms with Crippen molar-refractivity contribution in [1.82, 2.24) is 9.29 Å². The molecule has 0 radical (unpaired) electrons. The molecule has 23 heavy (non-hydrogen) atoms. The smallest absolute Gasteiger partial charge is 0.265 e. The molecule has 0 saturated carbocycles. The number of non-ortho nitro benzene ring substituents is 1. The fraction of sp³-hybridized carbons (Fsp3) is 0.267. The van der Waals surface area contributed by atoms with Crippen molar-refractivity contribution in [3.63, 3.8) is 0 Å². The molecule has 1 atom stereocenters. The van der Waals surface area contributed by atoms with E-state index in [2.05, 4.69) is 4.98 Å². The van der Waals surface area contributed by atoms with Gasteiger partial charge in [0, 0.05) is 31.1 Å². The number of rotatable bonds is 4. The lowest BCUT2D eigenvalue weighted by molar-refractivity contribution is -0.384. The zero-order chi connectivity index (χ0) is 16.4. The van der Waals surface area contributed by atoms with Crippen molar-refractivity contribution in [1.29, 1.82) is 0 Å². The van der Waals surface area contributed by atoms with Gasteiger partial charge in [0.25, 0.3) is 5.69 Å². The molecule has 1 aliphatic heterocycles. The van der Waals surface area contributed by atoms with Crippen LogP contribution in [-0.4, -0.2) is 29.2 Å². The van der Waals surface area contributed by atoms with E-state index in [0.29, 0.717) is 6.54 Å². The zero-order valence-electron chi connectivity index (χ0n) is 12.2. The maximum absolute atomic E-state index is 12.8. The third-order valence-electron chi connectivity index (χ3n) is 3.95. The standard InChI is InChI=1S/C15H15N3O4S/c19-18(20)13-3-5-14(6-4-13)23(21,22)17-11-1-2-15(17)12-7-9-16-10-8-12/h3-10,15H,1-2,11H2/t15-/m1/s1. The van der Waals surface area contributed by atoms with Gasteiger partial charge in [0.15, 0.2) is 0 Å². The number of sulfonamides is 1. The second kappa shape index (κ2) is 6.05. The van der Waals surface area contributed by atoms with Gasteiger partial charge >= 0.3 is 0 Å². The van der Waals surface area contributed by atoms with Gasteiger partial charge in [-0.05, 0) is 42.7 Å². The van der Waals surface area contributed by atoms with E-state index in [9.17, 15) is 18.5 Å². The molecule has 0 N–H and O–H groups in total. The number of aromatic nitrogens is 1. The maximum Gasteiger partial charge on any atom is 0.269 e. The van der Waals surface area contributed by atoms with Crippen LogP contribution in [0.15, 0.2) is 53.7 Å². The highest BCUT2D eigenvalue weighted by Crippen LogP contribution is 2.36. The van der Waals surface area contributed by atoms with Crippen LogP contribution in [0.25, 0.3) is 0 Å². The summed E-state index contributed by atoms with van der Waals surface area (Å²) in [7, 11) is -3.69. The Kier molecular flexibility index (Phi) is 4.10. The van der Waals surface area contributed by atoms with Crippen molar-refractivity contribution in [2.75, 3.05) is 6.54 Å². The van der Waals surface area contributed by atoms with Crippen LogP contribution in [0.1, 0.15) is 24.4 Å². The van der Waals surface area contributed by atoms with E-state index in [1.54, 1.807) is 12.4 Å². The summed E-state index contributed by atoms with van der Waals surface area (Å²) in [5.41, 5.74) is 0.777. The van der Waals surface area contributed by atoms with Crippen molar-refractivity contribution >= 4 is 15.7 Å². The molecule has 1 aromatic carbocycles. The van der Waals surface area contributed by atoms with E-state index in [1.807, 2.05) is 12.1 Å². The molecule has 8 heteroatoms. The number of nitro benzene ring substituents is 1. The first-order chi connectivity index (χ1) is 11.0. The SMILES string of the molecule is O=[N+]([O-])c1ccc(S(=O)(=O)N2CCC[C@@H]2c2ccncc2)cc1. The summed E-state index contributed by atoms with van der Waals surface area (Å²) in [6.07, 6.45) is 4.81. The third-order valence-corrected chi connectivity index (χ3v) is 5.87. The normalized spacial score (nSPS) is 18.9. The summed E-state index contributed by atoms with van der Waals surface area (Å²) in [5, 5.41) is 10.7. The Hall–Kier alpha value is -2.32. The summed E-state index contributed by atoms with van der Waals surface area (Å²) < 4.78 is 27.1. The van der Waals surface area contributed by atoms with Gasteiger partial charge in [0.2, 0.25) is 10.0 Å². The molecule has 2 aromatic rings. The first-order valence-electron chi connectivity index (χ1n) is 7.16. The summed E-state index contributed by atoms with van der Waals surface area (Å²) in [6, 6.07) is 8.40. The van der Waals surface area contributed by atoms with Gasteiger partial charge < -0.3 is 0 Å². The molecule has 0 spiro atoms. The van der Waals surface area contributed by atoms with Crippen LogP contribution in [-0.2, 0) is 10.0 Å². The van der Waals surface area contributed by atoms with Crippen molar-refractivity contribution < 1.29 is 13.3 Å². The lowest BCUT2D eigenvalue weighted by Gasteiger charge is -2.24. The van der Waals surface area contributed by atoms with Crippen molar-refractivity contribution in [2.45, 2.75) is 23.8 Å². The molecule has 1 fully saturated rings. The summed E-state index contributed by atoms with van der Waals surface area (Å²) in [4.78, 5) is 14.2. The van der Waals surface area contributed by atoms with Crippen LogP contribution in [0.4, 0.5) is 5.69 Å². The van der Waals surface area contributed by atoms with Crippen LogP contribution < -0.4 is 0 Å². The predicted octanol–water partition coefficient (Wildman–Crippen LogP) is 2.52. The van der Waals surface area contributed by atoms with Gasteiger partial charge in [-0.3, -0.25) is 15.1 Å². The van der Waals surface area contributed by atoms with E-state index >= 15 is 0 Å². The number of pyridine rings is 1. The summed E-state index contributed by atoms with van der Waals surface area (Å²) >= 11 is 0. The Labute approximate surface area is 133 Å². The Morgan fingerprint density at radius 2 is 1.78 bits per heavy atom. The van der Waals surface area contributed by atoms with Gasteiger partial charge in [0.1, 0.15) is 0 Å². The molecule has 1 saturated heterocycles. The van der Waals surface area contributed by atoms with Crippen LogP contribution in [0.5, 0.6) is 0 Å². The number of benzene rings is 1. The molecule has 0 aliphatic carbocycles. The molecular formula is C15H15N3O4S. The Balaban J connectivity index is 1.93. The number of hydrogen-bond acceptors (Lipinski definition) is 5. The predicted molar refractivity (Wildman–Crippen MR) is 83.2 cm³/mol. The number of nitrogens with zero attached hydrogens (tertiary/aromatic N) is 3. The lowest BCUT2D eigenvalue weighted by Crippen LogP contribution is -2.30. The Bertz CT molecular complexity index is 806. The second-order valence-corrected chi connectivity index (χ2v) is 7.20. The molecular weight excluding hydrogens is 318 g/mol. The first-order valence-corrected chi connectivity index (χ1v) is 8.60. The monoisotopic (exact) mass is 333 g/mol. The van der Waals surface area contributed by atoms with Crippen LogP contribution in [0.3, 0.4) is 0 Å². The minimum absolute atomic E-state index is 0.0732. The van der Waals surface area contributed by atoms with Gasteiger partial charge in [0.05, 0.1) is 15.9 Å². The molecule has 0 amide bonds. The fourth-order valence-electron chi connectivity index (χ4n) is 2.82. The van der Waals surface area contributed by atoms with Crippen LogP contribution in [0.2, 0.25) is 0 Å². The van der Waals surface area contributed by atoms with E-state index in [1.165, 1.54) is 28.6 Å². The number of nitro groups is 1. The average molecular weight is 333 g/mol. The molecule has 3 rings (SSSR count). The highest BCUT2D eigenvalue weighted by atomic mass is 32.2. The van der Waals surface area contributed by atoms with Gasteiger partial charge in [-0.25, -0.2) is 8.42 Å². The van der Waals surface area contributed by atoms with E-state index in [4.69, 9.17) is 0 Å². The molecule has 0 bridgehead atoms. The van der Waals surface area contributed by atoms with Crippen molar-refractivity contribution in [3.05, 3.63) is 64.5 Å². The van der Waals surface area contributed by atoms with Crippen LogP contribution in [0, 0.1) is 10.1 Å². The van der Waals surface area contributed by atoms with E-state index in [-0.39, 0.29) is 16.6 Å². The van der Waals surface area contributed by atoms with Crippen molar-refractivity contribution in [3.8, 4) is 0 Å².